The molecule has 0 unspecified atom stereocenters. The van der Waals surface area contributed by atoms with Crippen LogP contribution in [0.2, 0.25) is 5.02 Å². The molecule has 0 fully saturated rings. The number of nitrogens with zero attached hydrogens (tertiary/aromatic N) is 5. The van der Waals surface area contributed by atoms with E-state index in [1.54, 1.807) is 0 Å². The molecule has 1 N–H and O–H groups in total. The topological polar surface area (TPSA) is 64.3 Å². The van der Waals surface area contributed by atoms with E-state index in [0.717, 1.165) is 65.7 Å². The normalized spacial score (nSPS) is 11.7. The van der Waals surface area contributed by atoms with Gasteiger partial charge in [0.05, 0.1) is 12.0 Å². The van der Waals surface area contributed by atoms with Gasteiger partial charge in [-0.05, 0) is 65.3 Å². The molecule has 0 saturated heterocycles. The Morgan fingerprint density at radius 3 is 1.90 bits per heavy atom. The van der Waals surface area contributed by atoms with Crippen molar-refractivity contribution in [3.05, 3.63) is 208 Å². The number of aromatic amines is 1. The molecule has 51 heavy (non-hydrogen) atoms. The lowest BCUT2D eigenvalue weighted by Crippen LogP contribution is -2.36. The van der Waals surface area contributed by atoms with Crippen LogP contribution in [0, 0.1) is 0 Å². The van der Waals surface area contributed by atoms with Crippen molar-refractivity contribution in [2.45, 2.75) is 44.2 Å². The second-order valence-corrected chi connectivity index (χ2v) is 13.5. The van der Waals surface area contributed by atoms with Crippen LogP contribution in [0.1, 0.15) is 51.6 Å². The average molecular weight is 687 g/mol. The van der Waals surface area contributed by atoms with E-state index >= 15 is 0 Å². The van der Waals surface area contributed by atoms with Crippen LogP contribution in [0.5, 0.6) is 0 Å². The molecule has 8 rings (SSSR count). The largest absolute Gasteiger partial charge is 0.361 e. The highest BCUT2D eigenvalue weighted by molar-refractivity contribution is 6.30. The van der Waals surface area contributed by atoms with Crippen LogP contribution in [0.4, 0.5) is 0 Å². The molecule has 3 heterocycles. The van der Waals surface area contributed by atoms with E-state index in [0.29, 0.717) is 6.42 Å². The van der Waals surface area contributed by atoms with Crippen molar-refractivity contribution < 1.29 is 0 Å². The number of imidazole rings is 1. The van der Waals surface area contributed by atoms with Gasteiger partial charge < -0.3 is 14.1 Å². The Morgan fingerprint density at radius 2 is 1.24 bits per heavy atom. The summed E-state index contributed by atoms with van der Waals surface area (Å²) in [4.78, 5) is 8.42. The summed E-state index contributed by atoms with van der Waals surface area (Å²) in [6.45, 7) is 0.799. The molecule has 0 bridgehead atoms. The number of benzene rings is 5. The Morgan fingerprint density at radius 1 is 0.627 bits per heavy atom. The number of aromatic nitrogens is 6. The molecule has 0 spiro atoms. The molecule has 7 heteroatoms. The fourth-order valence-corrected chi connectivity index (χ4v) is 7.52. The summed E-state index contributed by atoms with van der Waals surface area (Å²) in [6, 6.07) is 48.7. The molecule has 5 aromatic carbocycles. The monoisotopic (exact) mass is 686 g/mol. The molecule has 0 atom stereocenters. The van der Waals surface area contributed by atoms with Gasteiger partial charge in [0.25, 0.3) is 0 Å². The highest BCUT2D eigenvalue weighted by atomic mass is 35.5. The van der Waals surface area contributed by atoms with Crippen LogP contribution in [0.3, 0.4) is 0 Å². The van der Waals surface area contributed by atoms with Crippen LogP contribution in [0.15, 0.2) is 158 Å². The Balaban J connectivity index is 1.07. The smallest absolute Gasteiger partial charge is 0.137 e. The maximum absolute atomic E-state index is 6.20. The number of para-hydroxylation sites is 1. The van der Waals surface area contributed by atoms with Gasteiger partial charge in [-0.2, -0.15) is 0 Å². The maximum Gasteiger partial charge on any atom is 0.137 e. The van der Waals surface area contributed by atoms with E-state index in [4.69, 9.17) is 26.8 Å². The first kappa shape index (κ1) is 32.5. The van der Waals surface area contributed by atoms with Gasteiger partial charge in [-0.25, -0.2) is 4.98 Å². The van der Waals surface area contributed by atoms with E-state index in [1.807, 2.05) is 18.5 Å². The van der Waals surface area contributed by atoms with E-state index in [9.17, 15) is 0 Å². The lowest BCUT2D eigenvalue weighted by molar-refractivity contribution is 0.513. The summed E-state index contributed by atoms with van der Waals surface area (Å²) in [5, 5.41) is 11.4. The fraction of sp³-hybridized carbons (Fsp3) is 0.159. The molecule has 0 aliphatic rings. The molecule has 3 aromatic heterocycles. The Kier molecular flexibility index (Phi) is 9.32. The number of aryl methyl sites for hydroxylation is 3. The number of nitrogens with one attached hydrogen (secondary N) is 1. The summed E-state index contributed by atoms with van der Waals surface area (Å²) in [5.74, 6) is 1.97. The molecule has 6 nitrogen and oxygen atoms in total. The first-order valence-corrected chi connectivity index (χ1v) is 18.0. The molecule has 0 aliphatic heterocycles. The van der Waals surface area contributed by atoms with Crippen LogP contribution in [0.25, 0.3) is 10.9 Å². The first-order valence-electron chi connectivity index (χ1n) is 17.6. The molecule has 0 aliphatic carbocycles. The van der Waals surface area contributed by atoms with E-state index in [1.165, 1.54) is 27.6 Å². The average Bonchev–Trinajstić information content (AvgIpc) is 3.93. The predicted molar refractivity (Wildman–Crippen MR) is 205 cm³/mol. The highest BCUT2D eigenvalue weighted by Crippen LogP contribution is 2.40. The zero-order valence-electron chi connectivity index (χ0n) is 28.4. The Hall–Kier alpha value is -5.72. The second kappa shape index (κ2) is 14.6. The van der Waals surface area contributed by atoms with Gasteiger partial charge in [0.2, 0.25) is 0 Å². The SMILES string of the molecule is Clc1ccc(Cc2nnc(CCc3c[nH]c4ccccc34)n2CCCc2cn(C(c3ccccc3)(c3ccccc3)c3ccccc3)cn2)cc1. The lowest BCUT2D eigenvalue weighted by atomic mass is 9.77. The third-order valence-electron chi connectivity index (χ3n) is 9.89. The minimum atomic E-state index is -0.579. The number of hydrogen-bond donors (Lipinski definition) is 1. The number of rotatable bonds is 13. The van der Waals surface area contributed by atoms with Crippen molar-refractivity contribution in [1.29, 1.82) is 0 Å². The van der Waals surface area contributed by atoms with Crippen LogP contribution in [-0.4, -0.2) is 29.3 Å². The maximum atomic E-state index is 6.20. The highest BCUT2D eigenvalue weighted by Gasteiger charge is 2.38. The first-order chi connectivity index (χ1) is 25.2. The summed E-state index contributed by atoms with van der Waals surface area (Å²) in [5.41, 5.74) is 7.64. The number of halogens is 1. The number of fused-ring (bicyclic) bond motifs is 1. The van der Waals surface area contributed by atoms with Crippen LogP contribution >= 0.6 is 11.6 Å². The van der Waals surface area contributed by atoms with Gasteiger partial charge in [-0.3, -0.25) is 0 Å². The summed E-state index contributed by atoms with van der Waals surface area (Å²) in [7, 11) is 0. The Bertz CT molecular complexity index is 2230. The zero-order chi connectivity index (χ0) is 34.5. The van der Waals surface area contributed by atoms with Gasteiger partial charge in [0.15, 0.2) is 0 Å². The van der Waals surface area contributed by atoms with Crippen molar-refractivity contribution in [2.75, 3.05) is 0 Å². The summed E-state index contributed by atoms with van der Waals surface area (Å²) >= 11 is 6.20. The van der Waals surface area contributed by atoms with Gasteiger partial charge in [-0.15, -0.1) is 10.2 Å². The van der Waals surface area contributed by atoms with Crippen molar-refractivity contribution in [2.24, 2.45) is 0 Å². The van der Waals surface area contributed by atoms with Crippen molar-refractivity contribution in [1.82, 2.24) is 29.3 Å². The van der Waals surface area contributed by atoms with Crippen molar-refractivity contribution >= 4 is 22.5 Å². The molecular formula is C44H39ClN6. The number of H-pyrrole nitrogens is 1. The van der Waals surface area contributed by atoms with Crippen LogP contribution in [-0.2, 0) is 37.8 Å². The third kappa shape index (κ3) is 6.63. The minimum Gasteiger partial charge on any atom is -0.361 e. The van der Waals surface area contributed by atoms with Gasteiger partial charge in [0.1, 0.15) is 17.2 Å². The van der Waals surface area contributed by atoms with E-state index in [-0.39, 0.29) is 0 Å². The minimum absolute atomic E-state index is 0.579. The number of hydrogen-bond acceptors (Lipinski definition) is 3. The van der Waals surface area contributed by atoms with Crippen molar-refractivity contribution in [3.63, 3.8) is 0 Å². The van der Waals surface area contributed by atoms with Gasteiger partial charge in [0, 0.05) is 47.7 Å². The third-order valence-corrected chi connectivity index (χ3v) is 10.1. The van der Waals surface area contributed by atoms with Gasteiger partial charge >= 0.3 is 0 Å². The fourth-order valence-electron chi connectivity index (χ4n) is 7.40. The van der Waals surface area contributed by atoms with Crippen LogP contribution < -0.4 is 0 Å². The molecule has 0 radical (unpaired) electrons. The molecule has 0 amide bonds. The predicted octanol–water partition coefficient (Wildman–Crippen LogP) is 9.46. The standard InChI is InChI=1S/C44H39ClN6/c45-38-25-22-33(23-26-38)29-43-49-48-42(27-24-34-30-46-41-21-11-10-20-40(34)41)51(43)28-12-19-39-31-50(32-47-39)44(35-13-4-1-5-14-35,36-15-6-2-7-16-36)37-17-8-3-9-18-37/h1-11,13-18,20-23,25-26,30-32,46H,12,19,24,27-29H2. The summed E-state index contributed by atoms with van der Waals surface area (Å²) in [6.07, 6.45) is 10.5. The molecular weight excluding hydrogens is 648 g/mol. The molecule has 8 aromatic rings. The molecule has 0 saturated carbocycles. The van der Waals surface area contributed by atoms with E-state index in [2.05, 4.69) is 154 Å². The molecule has 252 valence electrons. The quantitative estimate of drug-likeness (QED) is 0.123. The van der Waals surface area contributed by atoms with E-state index < -0.39 is 5.54 Å². The second-order valence-electron chi connectivity index (χ2n) is 13.0. The Labute approximate surface area is 303 Å². The van der Waals surface area contributed by atoms with Gasteiger partial charge in [-0.1, -0.05) is 133 Å². The van der Waals surface area contributed by atoms with Crippen molar-refractivity contribution in [3.8, 4) is 0 Å². The summed E-state index contributed by atoms with van der Waals surface area (Å²) < 4.78 is 4.61. The lowest BCUT2D eigenvalue weighted by Gasteiger charge is -2.37. The zero-order valence-corrected chi connectivity index (χ0v) is 29.1.